The van der Waals surface area contributed by atoms with Crippen LogP contribution in [0.2, 0.25) is 0 Å². The van der Waals surface area contributed by atoms with Gasteiger partial charge in [0, 0.05) is 18.9 Å². The van der Waals surface area contributed by atoms with Gasteiger partial charge in [-0.05, 0) is 56.8 Å². The summed E-state index contributed by atoms with van der Waals surface area (Å²) in [6.07, 6.45) is 9.17. The van der Waals surface area contributed by atoms with Crippen molar-refractivity contribution >= 4 is 5.78 Å². The Balaban J connectivity index is 1.64. The summed E-state index contributed by atoms with van der Waals surface area (Å²) in [5, 5.41) is 0. The van der Waals surface area contributed by atoms with Crippen LogP contribution in [0.25, 0.3) is 0 Å². The molecule has 16 heavy (non-hydrogen) atoms. The molecule has 0 radical (unpaired) electrons. The number of fused-ring (bicyclic) bond motifs is 2. The van der Waals surface area contributed by atoms with Gasteiger partial charge in [-0.1, -0.05) is 6.42 Å². The SMILES string of the molecule is CC(N)CCCC(=O)CC1CC2CCC1C2. The maximum Gasteiger partial charge on any atom is 0.133 e. The molecule has 2 nitrogen and oxygen atoms in total. The third-order valence-corrected chi connectivity index (χ3v) is 4.49. The van der Waals surface area contributed by atoms with E-state index in [0.29, 0.717) is 5.78 Å². The smallest absolute Gasteiger partial charge is 0.133 e. The van der Waals surface area contributed by atoms with Gasteiger partial charge in [-0.2, -0.15) is 0 Å². The molecule has 2 aliphatic rings. The average molecular weight is 223 g/mol. The molecule has 2 fully saturated rings. The standard InChI is InChI=1S/C14H25NO/c1-10(15)3-2-4-14(16)9-13-8-11-5-6-12(13)7-11/h10-13H,2-9,15H2,1H3. The second-order valence-electron chi connectivity index (χ2n) is 6.05. The summed E-state index contributed by atoms with van der Waals surface area (Å²) in [5.41, 5.74) is 5.68. The fourth-order valence-electron chi connectivity index (χ4n) is 3.64. The van der Waals surface area contributed by atoms with Crippen molar-refractivity contribution in [3.63, 3.8) is 0 Å². The number of nitrogens with two attached hydrogens (primary N) is 1. The fourth-order valence-corrected chi connectivity index (χ4v) is 3.64. The van der Waals surface area contributed by atoms with E-state index in [9.17, 15) is 4.79 Å². The molecule has 0 aromatic heterocycles. The predicted molar refractivity (Wildman–Crippen MR) is 66.1 cm³/mol. The molecule has 0 saturated heterocycles. The number of rotatable bonds is 6. The van der Waals surface area contributed by atoms with Gasteiger partial charge < -0.3 is 5.73 Å². The maximum atomic E-state index is 11.8. The predicted octanol–water partition coefficient (Wildman–Crippen LogP) is 2.90. The van der Waals surface area contributed by atoms with Crippen molar-refractivity contribution in [1.82, 2.24) is 0 Å². The van der Waals surface area contributed by atoms with Crippen LogP contribution in [0.1, 0.15) is 58.3 Å². The summed E-state index contributed by atoms with van der Waals surface area (Å²) in [7, 11) is 0. The van der Waals surface area contributed by atoms with E-state index in [1.165, 1.54) is 25.7 Å². The third-order valence-electron chi connectivity index (χ3n) is 4.49. The molecule has 0 spiro atoms. The van der Waals surface area contributed by atoms with E-state index >= 15 is 0 Å². The lowest BCUT2D eigenvalue weighted by molar-refractivity contribution is -0.120. The van der Waals surface area contributed by atoms with Gasteiger partial charge in [0.2, 0.25) is 0 Å². The van der Waals surface area contributed by atoms with Gasteiger partial charge in [-0.3, -0.25) is 4.79 Å². The number of hydrogen-bond donors (Lipinski definition) is 1. The molecular weight excluding hydrogens is 198 g/mol. The van der Waals surface area contributed by atoms with Crippen LogP contribution in [-0.4, -0.2) is 11.8 Å². The van der Waals surface area contributed by atoms with Crippen molar-refractivity contribution in [2.24, 2.45) is 23.5 Å². The summed E-state index contributed by atoms with van der Waals surface area (Å²) in [6, 6.07) is 0.246. The van der Waals surface area contributed by atoms with Crippen LogP contribution in [0.3, 0.4) is 0 Å². The van der Waals surface area contributed by atoms with Gasteiger partial charge in [0.1, 0.15) is 5.78 Å². The molecule has 0 amide bonds. The Morgan fingerprint density at radius 3 is 2.75 bits per heavy atom. The Morgan fingerprint density at radius 1 is 1.38 bits per heavy atom. The molecule has 2 aliphatic carbocycles. The van der Waals surface area contributed by atoms with Gasteiger partial charge in [0.15, 0.2) is 0 Å². The second-order valence-corrected chi connectivity index (χ2v) is 6.05. The molecule has 0 aliphatic heterocycles. The zero-order valence-electron chi connectivity index (χ0n) is 10.5. The molecule has 92 valence electrons. The van der Waals surface area contributed by atoms with E-state index in [0.717, 1.165) is 43.4 Å². The van der Waals surface area contributed by atoms with Crippen LogP contribution in [-0.2, 0) is 4.79 Å². The highest BCUT2D eigenvalue weighted by Gasteiger charge is 2.39. The lowest BCUT2D eigenvalue weighted by Gasteiger charge is -2.20. The lowest BCUT2D eigenvalue weighted by atomic mass is 9.84. The summed E-state index contributed by atoms with van der Waals surface area (Å²) >= 11 is 0. The van der Waals surface area contributed by atoms with E-state index in [1.54, 1.807) is 0 Å². The van der Waals surface area contributed by atoms with Crippen LogP contribution in [0.5, 0.6) is 0 Å². The first-order chi connectivity index (χ1) is 7.65. The van der Waals surface area contributed by atoms with Crippen molar-refractivity contribution in [1.29, 1.82) is 0 Å². The monoisotopic (exact) mass is 223 g/mol. The minimum atomic E-state index is 0.246. The normalized spacial score (nSPS) is 34.2. The second kappa shape index (κ2) is 5.31. The summed E-state index contributed by atoms with van der Waals surface area (Å²) < 4.78 is 0. The molecule has 0 heterocycles. The topological polar surface area (TPSA) is 43.1 Å². The first-order valence-corrected chi connectivity index (χ1v) is 6.92. The maximum absolute atomic E-state index is 11.8. The molecule has 2 saturated carbocycles. The first-order valence-electron chi connectivity index (χ1n) is 6.92. The lowest BCUT2D eigenvalue weighted by Crippen LogP contribution is -2.17. The van der Waals surface area contributed by atoms with Crippen LogP contribution in [0.15, 0.2) is 0 Å². The van der Waals surface area contributed by atoms with Crippen LogP contribution in [0.4, 0.5) is 0 Å². The van der Waals surface area contributed by atoms with Gasteiger partial charge in [0.25, 0.3) is 0 Å². The van der Waals surface area contributed by atoms with Crippen LogP contribution in [0, 0.1) is 17.8 Å². The van der Waals surface area contributed by atoms with Crippen molar-refractivity contribution in [3.05, 3.63) is 0 Å². The minimum Gasteiger partial charge on any atom is -0.328 e. The highest BCUT2D eigenvalue weighted by molar-refractivity contribution is 5.78. The number of Topliss-reactive ketones (excluding diaryl/α,β-unsaturated/α-hetero) is 1. The molecule has 2 heteroatoms. The molecule has 4 unspecified atom stereocenters. The van der Waals surface area contributed by atoms with E-state index in [-0.39, 0.29) is 6.04 Å². The minimum absolute atomic E-state index is 0.246. The van der Waals surface area contributed by atoms with E-state index in [1.807, 2.05) is 6.92 Å². The molecule has 0 aromatic rings. The Kier molecular flexibility index (Phi) is 4.01. The number of hydrogen-bond acceptors (Lipinski definition) is 2. The van der Waals surface area contributed by atoms with E-state index in [4.69, 9.17) is 5.73 Å². The zero-order valence-corrected chi connectivity index (χ0v) is 10.5. The van der Waals surface area contributed by atoms with Gasteiger partial charge in [-0.25, -0.2) is 0 Å². The Hall–Kier alpha value is -0.370. The molecule has 4 atom stereocenters. The van der Waals surface area contributed by atoms with Crippen molar-refractivity contribution in [3.8, 4) is 0 Å². The van der Waals surface area contributed by atoms with Crippen molar-refractivity contribution in [2.75, 3.05) is 0 Å². The van der Waals surface area contributed by atoms with Crippen LogP contribution >= 0.6 is 0 Å². The Labute approximate surface area is 99.0 Å². The average Bonchev–Trinajstić information content (AvgIpc) is 2.78. The number of ketones is 1. The zero-order chi connectivity index (χ0) is 11.5. The van der Waals surface area contributed by atoms with Crippen LogP contribution < -0.4 is 5.73 Å². The highest BCUT2D eigenvalue weighted by Crippen LogP contribution is 2.49. The van der Waals surface area contributed by atoms with E-state index in [2.05, 4.69) is 0 Å². The highest BCUT2D eigenvalue weighted by atomic mass is 16.1. The van der Waals surface area contributed by atoms with Gasteiger partial charge >= 0.3 is 0 Å². The molecule has 2 bridgehead atoms. The van der Waals surface area contributed by atoms with Crippen molar-refractivity contribution < 1.29 is 4.79 Å². The Morgan fingerprint density at radius 2 is 2.19 bits per heavy atom. The van der Waals surface area contributed by atoms with Gasteiger partial charge in [0.05, 0.1) is 0 Å². The summed E-state index contributed by atoms with van der Waals surface area (Å²) in [4.78, 5) is 11.8. The molecule has 2 rings (SSSR count). The number of carbonyl (C=O) groups is 1. The quantitative estimate of drug-likeness (QED) is 0.752. The van der Waals surface area contributed by atoms with Crippen molar-refractivity contribution in [2.45, 2.75) is 64.3 Å². The number of carbonyl (C=O) groups excluding carboxylic acids is 1. The molecule has 0 aromatic carbocycles. The largest absolute Gasteiger partial charge is 0.328 e. The summed E-state index contributed by atoms with van der Waals surface area (Å²) in [6.45, 7) is 2.01. The summed E-state index contributed by atoms with van der Waals surface area (Å²) in [5.74, 6) is 3.08. The molecule has 2 N–H and O–H groups in total. The Bertz CT molecular complexity index is 249. The van der Waals surface area contributed by atoms with Gasteiger partial charge in [-0.15, -0.1) is 0 Å². The molecular formula is C14H25NO. The first kappa shape index (κ1) is 12.1. The fraction of sp³-hybridized carbons (Fsp3) is 0.929. The third kappa shape index (κ3) is 3.07. The van der Waals surface area contributed by atoms with E-state index < -0.39 is 0 Å².